The predicted octanol–water partition coefficient (Wildman–Crippen LogP) is 4.13. The van der Waals surface area contributed by atoms with E-state index in [0.717, 1.165) is 24.3 Å². The summed E-state index contributed by atoms with van der Waals surface area (Å²) in [4.78, 5) is 5.72. The normalized spacial score (nSPS) is 11.9. The number of hydrogen-bond acceptors (Lipinski definition) is 2. The van der Waals surface area contributed by atoms with Gasteiger partial charge in [0.15, 0.2) is 4.77 Å². The molecule has 0 aliphatic heterocycles. The summed E-state index contributed by atoms with van der Waals surface area (Å²) in [6, 6.07) is 6.99. The molecule has 0 aliphatic rings. The van der Waals surface area contributed by atoms with Crippen molar-refractivity contribution in [2.24, 2.45) is 0 Å². The third kappa shape index (κ3) is 3.30. The molecule has 1 N–H and O–H groups in total. The van der Waals surface area contributed by atoms with Crippen LogP contribution in [-0.4, -0.2) is 34.1 Å². The van der Waals surface area contributed by atoms with Gasteiger partial charge in [0.1, 0.15) is 0 Å². The van der Waals surface area contributed by atoms with E-state index in [4.69, 9.17) is 12.2 Å². The van der Waals surface area contributed by atoms with E-state index in [2.05, 4.69) is 60.5 Å². The van der Waals surface area contributed by atoms with Crippen molar-refractivity contribution in [1.82, 2.24) is 14.5 Å². The lowest BCUT2D eigenvalue weighted by molar-refractivity contribution is 0.266. The smallest absolute Gasteiger partial charge is 0.178 e. The van der Waals surface area contributed by atoms with E-state index in [-0.39, 0.29) is 0 Å². The Bertz CT molecular complexity index is 624. The number of fused-ring (bicyclic) bond motifs is 1. The Hall–Kier alpha value is -1.13. The van der Waals surface area contributed by atoms with Crippen molar-refractivity contribution in [3.05, 3.63) is 28.5 Å². The van der Waals surface area contributed by atoms with Crippen molar-refractivity contribution in [2.45, 2.75) is 46.2 Å². The largest absolute Gasteiger partial charge is 0.330 e. The first kappa shape index (κ1) is 15.3. The number of aryl methyl sites for hydroxylation is 2. The number of aromatic amines is 1. The molecular weight excluding hydrogens is 266 g/mol. The molecule has 2 aromatic rings. The van der Waals surface area contributed by atoms with Crippen LogP contribution in [0.25, 0.3) is 11.0 Å². The van der Waals surface area contributed by atoms with E-state index < -0.39 is 0 Å². The number of nitrogens with zero attached hydrogens (tertiary/aromatic N) is 2. The average molecular weight is 291 g/mol. The Labute approximate surface area is 126 Å². The minimum atomic E-state index is 0.618. The molecule has 0 aliphatic carbocycles. The minimum Gasteiger partial charge on any atom is -0.330 e. The van der Waals surface area contributed by atoms with Gasteiger partial charge in [-0.2, -0.15) is 0 Å². The molecule has 0 atom stereocenters. The minimum absolute atomic E-state index is 0.618. The van der Waals surface area contributed by atoms with E-state index >= 15 is 0 Å². The van der Waals surface area contributed by atoms with Crippen molar-refractivity contribution in [3.63, 3.8) is 0 Å². The number of imidazole rings is 1. The third-order valence-corrected chi connectivity index (χ3v) is 4.37. The van der Waals surface area contributed by atoms with Crippen LogP contribution in [0.1, 0.15) is 32.3 Å². The molecule has 1 aromatic carbocycles. The molecule has 4 heteroatoms. The summed E-state index contributed by atoms with van der Waals surface area (Å²) in [5, 5.41) is 0. The fourth-order valence-corrected chi connectivity index (χ4v) is 2.73. The maximum Gasteiger partial charge on any atom is 0.178 e. The summed E-state index contributed by atoms with van der Waals surface area (Å²) < 4.78 is 3.07. The van der Waals surface area contributed by atoms with Crippen LogP contribution >= 0.6 is 12.2 Å². The van der Waals surface area contributed by atoms with Crippen LogP contribution in [0, 0.1) is 11.7 Å². The van der Waals surface area contributed by atoms with Gasteiger partial charge >= 0.3 is 0 Å². The molecule has 110 valence electrons. The highest BCUT2D eigenvalue weighted by Crippen LogP contribution is 2.18. The summed E-state index contributed by atoms with van der Waals surface area (Å²) in [6.07, 6.45) is 2.36. The molecule has 3 nitrogen and oxygen atoms in total. The van der Waals surface area contributed by atoms with Crippen LogP contribution in [0.15, 0.2) is 18.2 Å². The lowest BCUT2D eigenvalue weighted by atomic mass is 10.2. The van der Waals surface area contributed by atoms with Crippen LogP contribution in [0.3, 0.4) is 0 Å². The second-order valence-corrected chi connectivity index (χ2v) is 6.22. The third-order valence-electron chi connectivity index (χ3n) is 4.04. The van der Waals surface area contributed by atoms with Crippen LogP contribution in [-0.2, 0) is 6.54 Å². The molecule has 20 heavy (non-hydrogen) atoms. The molecule has 0 spiro atoms. The number of aromatic nitrogens is 2. The van der Waals surface area contributed by atoms with Gasteiger partial charge in [-0.1, -0.05) is 12.1 Å². The predicted molar refractivity (Wildman–Crippen MR) is 88.9 cm³/mol. The number of nitrogens with one attached hydrogen (secondary N) is 1. The van der Waals surface area contributed by atoms with Gasteiger partial charge in [-0.25, -0.2) is 0 Å². The van der Waals surface area contributed by atoms with E-state index in [1.54, 1.807) is 0 Å². The average Bonchev–Trinajstić information content (AvgIpc) is 2.72. The number of para-hydroxylation sites is 1. The maximum absolute atomic E-state index is 5.45. The van der Waals surface area contributed by atoms with E-state index in [1.807, 2.05) is 0 Å². The Morgan fingerprint density at radius 3 is 2.75 bits per heavy atom. The molecule has 0 radical (unpaired) electrons. The fraction of sp³-hybridized carbons (Fsp3) is 0.562. The van der Waals surface area contributed by atoms with Crippen LogP contribution in [0.4, 0.5) is 0 Å². The summed E-state index contributed by atoms with van der Waals surface area (Å²) >= 11 is 5.45. The summed E-state index contributed by atoms with van der Waals surface area (Å²) in [5.74, 6) is 0. The van der Waals surface area contributed by atoms with Crippen molar-refractivity contribution in [2.75, 3.05) is 13.6 Å². The zero-order valence-electron chi connectivity index (χ0n) is 12.9. The molecule has 0 unspecified atom stereocenters. The van der Waals surface area contributed by atoms with Gasteiger partial charge in [-0.05, 0) is 71.1 Å². The number of unbranched alkanes of at least 4 members (excludes halogenated alkanes) is 1. The quantitative estimate of drug-likeness (QED) is 0.639. The molecule has 2 rings (SSSR count). The SMILES string of the molecule is Cc1cccc2c1[nH]c(=S)n2CCCCN(C)C(C)C. The zero-order valence-corrected chi connectivity index (χ0v) is 13.8. The summed E-state index contributed by atoms with van der Waals surface area (Å²) in [7, 11) is 2.19. The van der Waals surface area contributed by atoms with Crippen LogP contribution in [0.5, 0.6) is 0 Å². The standard InChI is InChI=1S/C16H25N3S/c1-12(2)18(4)10-5-6-11-19-14-9-7-8-13(3)15(14)17-16(19)20/h7-9,12H,5-6,10-11H2,1-4H3,(H,17,20). The Morgan fingerprint density at radius 1 is 1.30 bits per heavy atom. The van der Waals surface area contributed by atoms with Gasteiger partial charge in [0.2, 0.25) is 0 Å². The topological polar surface area (TPSA) is 24.0 Å². The highest BCUT2D eigenvalue weighted by atomic mass is 32.1. The first-order valence-corrected chi connectivity index (χ1v) is 7.80. The van der Waals surface area contributed by atoms with Gasteiger partial charge in [0, 0.05) is 12.6 Å². The molecule has 0 saturated heterocycles. The molecule has 0 bridgehead atoms. The molecule has 0 amide bonds. The van der Waals surface area contributed by atoms with Gasteiger partial charge in [-0.15, -0.1) is 0 Å². The lowest BCUT2D eigenvalue weighted by Crippen LogP contribution is -2.27. The number of benzene rings is 1. The van der Waals surface area contributed by atoms with E-state index in [0.29, 0.717) is 6.04 Å². The molecular formula is C16H25N3S. The van der Waals surface area contributed by atoms with E-state index in [1.165, 1.54) is 23.0 Å². The van der Waals surface area contributed by atoms with Crippen molar-refractivity contribution >= 4 is 23.3 Å². The van der Waals surface area contributed by atoms with Crippen molar-refractivity contribution in [1.29, 1.82) is 0 Å². The van der Waals surface area contributed by atoms with E-state index in [9.17, 15) is 0 Å². The Morgan fingerprint density at radius 2 is 2.05 bits per heavy atom. The number of hydrogen-bond donors (Lipinski definition) is 1. The van der Waals surface area contributed by atoms with Crippen molar-refractivity contribution in [3.8, 4) is 0 Å². The van der Waals surface area contributed by atoms with Gasteiger partial charge < -0.3 is 14.5 Å². The monoisotopic (exact) mass is 291 g/mol. The van der Waals surface area contributed by atoms with Crippen LogP contribution < -0.4 is 0 Å². The summed E-state index contributed by atoms with van der Waals surface area (Å²) in [5.41, 5.74) is 3.66. The second-order valence-electron chi connectivity index (χ2n) is 5.83. The first-order chi connectivity index (χ1) is 9.50. The molecule has 0 fully saturated rings. The van der Waals surface area contributed by atoms with Crippen molar-refractivity contribution < 1.29 is 0 Å². The molecule has 1 heterocycles. The Balaban J connectivity index is 2.02. The van der Waals surface area contributed by atoms with Gasteiger partial charge in [-0.3, -0.25) is 0 Å². The summed E-state index contributed by atoms with van der Waals surface area (Å²) in [6.45, 7) is 8.73. The van der Waals surface area contributed by atoms with Crippen LogP contribution in [0.2, 0.25) is 0 Å². The Kier molecular flexibility index (Phi) is 5.00. The fourth-order valence-electron chi connectivity index (χ4n) is 2.43. The second kappa shape index (κ2) is 6.55. The number of H-pyrrole nitrogens is 1. The zero-order chi connectivity index (χ0) is 14.7. The highest BCUT2D eigenvalue weighted by Gasteiger charge is 2.06. The van der Waals surface area contributed by atoms with Gasteiger partial charge in [0.05, 0.1) is 11.0 Å². The maximum atomic E-state index is 5.45. The lowest BCUT2D eigenvalue weighted by Gasteiger charge is -2.20. The number of rotatable bonds is 6. The highest BCUT2D eigenvalue weighted by molar-refractivity contribution is 7.71. The van der Waals surface area contributed by atoms with Gasteiger partial charge in [0.25, 0.3) is 0 Å². The first-order valence-electron chi connectivity index (χ1n) is 7.39. The molecule has 1 aromatic heterocycles. The molecule has 0 saturated carbocycles.